The van der Waals surface area contributed by atoms with Gasteiger partial charge in [-0.2, -0.15) is 0 Å². The zero-order chi connectivity index (χ0) is 22.5. The van der Waals surface area contributed by atoms with Gasteiger partial charge in [0.1, 0.15) is 21.7 Å². The fourth-order valence-corrected chi connectivity index (χ4v) is 4.23. The number of amides is 1. The van der Waals surface area contributed by atoms with Crippen LogP contribution in [0.5, 0.6) is 17.2 Å². The maximum absolute atomic E-state index is 13.0. The van der Waals surface area contributed by atoms with E-state index in [0.717, 1.165) is 15.6 Å². The van der Waals surface area contributed by atoms with Crippen LogP contribution in [0.25, 0.3) is 12.2 Å². The number of hydrogen-bond donors (Lipinski definition) is 0. The van der Waals surface area contributed by atoms with E-state index in [1.807, 2.05) is 55.2 Å². The fourth-order valence-electron chi connectivity index (χ4n) is 3.68. The minimum absolute atomic E-state index is 0.0155. The average Bonchev–Trinajstić information content (AvgIpc) is 2.77. The maximum atomic E-state index is 13.0. The molecule has 2 atom stereocenters. The Morgan fingerprint density at radius 3 is 2.10 bits per heavy atom. The standard InChI is InChI=1S/C24H28BrNO5/c1-15-13-26(14-16(2)31-15)24(27)19-9-8-18(20(12-19)28-3)7-6-17-10-21(29-4)23(25)22(11-17)30-5/h6-12,15-16H,13-14H2,1-5H3/b7-6+/t15-,16+. The van der Waals surface area contributed by atoms with Gasteiger partial charge >= 0.3 is 0 Å². The predicted molar refractivity (Wildman–Crippen MR) is 125 cm³/mol. The summed E-state index contributed by atoms with van der Waals surface area (Å²) in [6, 6.07) is 9.33. The number of carbonyl (C=O) groups excluding carboxylic acids is 1. The van der Waals surface area contributed by atoms with E-state index in [1.54, 1.807) is 27.4 Å². The molecule has 1 aliphatic heterocycles. The average molecular weight is 490 g/mol. The number of benzene rings is 2. The number of methoxy groups -OCH3 is 3. The van der Waals surface area contributed by atoms with Gasteiger partial charge in [0.2, 0.25) is 0 Å². The Bertz CT molecular complexity index is 939. The van der Waals surface area contributed by atoms with Crippen molar-refractivity contribution in [1.29, 1.82) is 0 Å². The second-order valence-electron chi connectivity index (χ2n) is 7.50. The molecule has 31 heavy (non-hydrogen) atoms. The first kappa shape index (κ1) is 23.2. The molecule has 0 radical (unpaired) electrons. The third kappa shape index (κ3) is 5.40. The van der Waals surface area contributed by atoms with Gasteiger partial charge in [-0.15, -0.1) is 0 Å². The Morgan fingerprint density at radius 2 is 1.55 bits per heavy atom. The summed E-state index contributed by atoms with van der Waals surface area (Å²) in [6.07, 6.45) is 3.93. The van der Waals surface area contributed by atoms with E-state index >= 15 is 0 Å². The molecule has 2 aromatic carbocycles. The van der Waals surface area contributed by atoms with E-state index in [0.29, 0.717) is 35.9 Å². The lowest BCUT2D eigenvalue weighted by Gasteiger charge is -2.35. The van der Waals surface area contributed by atoms with E-state index < -0.39 is 0 Å². The van der Waals surface area contributed by atoms with Gasteiger partial charge in [-0.25, -0.2) is 0 Å². The van der Waals surface area contributed by atoms with E-state index in [4.69, 9.17) is 18.9 Å². The summed E-state index contributed by atoms with van der Waals surface area (Å²) in [5.74, 6) is 1.98. The lowest BCUT2D eigenvalue weighted by atomic mass is 10.1. The van der Waals surface area contributed by atoms with Crippen LogP contribution in [0.2, 0.25) is 0 Å². The van der Waals surface area contributed by atoms with E-state index in [-0.39, 0.29) is 18.1 Å². The summed E-state index contributed by atoms with van der Waals surface area (Å²) in [7, 11) is 4.83. The van der Waals surface area contributed by atoms with Crippen molar-refractivity contribution in [2.24, 2.45) is 0 Å². The molecule has 1 saturated heterocycles. The molecule has 0 bridgehead atoms. The van der Waals surface area contributed by atoms with Gasteiger partial charge in [0, 0.05) is 24.2 Å². The molecule has 1 aliphatic rings. The molecule has 1 amide bonds. The first-order chi connectivity index (χ1) is 14.9. The minimum atomic E-state index is -0.0155. The van der Waals surface area contributed by atoms with E-state index in [1.165, 1.54) is 0 Å². The lowest BCUT2D eigenvalue weighted by Crippen LogP contribution is -2.48. The molecule has 2 aromatic rings. The van der Waals surface area contributed by atoms with Crippen molar-refractivity contribution < 1.29 is 23.7 Å². The van der Waals surface area contributed by atoms with Crippen LogP contribution in [0.3, 0.4) is 0 Å². The zero-order valence-corrected chi connectivity index (χ0v) is 20.1. The number of halogens is 1. The van der Waals surface area contributed by atoms with Crippen LogP contribution in [-0.2, 0) is 4.74 Å². The third-order valence-electron chi connectivity index (χ3n) is 5.11. The van der Waals surface area contributed by atoms with Crippen LogP contribution in [0.1, 0.15) is 35.3 Å². The molecular formula is C24H28BrNO5. The fraction of sp³-hybridized carbons (Fsp3) is 0.375. The summed E-state index contributed by atoms with van der Waals surface area (Å²) >= 11 is 3.48. The zero-order valence-electron chi connectivity index (χ0n) is 18.5. The van der Waals surface area contributed by atoms with Crippen LogP contribution in [-0.4, -0.2) is 57.4 Å². The molecule has 7 heteroatoms. The summed E-state index contributed by atoms with van der Waals surface area (Å²) in [5, 5.41) is 0. The van der Waals surface area contributed by atoms with Crippen LogP contribution in [0.15, 0.2) is 34.8 Å². The lowest BCUT2D eigenvalue weighted by molar-refractivity contribution is -0.0586. The molecule has 1 heterocycles. The van der Waals surface area contributed by atoms with Gasteiger partial charge < -0.3 is 23.8 Å². The Balaban J connectivity index is 1.84. The second kappa shape index (κ2) is 10.2. The number of rotatable bonds is 6. The first-order valence-electron chi connectivity index (χ1n) is 10.1. The normalized spacial score (nSPS) is 18.8. The molecule has 6 nitrogen and oxygen atoms in total. The molecule has 0 saturated carbocycles. The van der Waals surface area contributed by atoms with Gasteiger partial charge in [-0.3, -0.25) is 4.79 Å². The van der Waals surface area contributed by atoms with Crippen molar-refractivity contribution >= 4 is 34.0 Å². The largest absolute Gasteiger partial charge is 0.496 e. The number of nitrogens with zero attached hydrogens (tertiary/aromatic N) is 1. The molecule has 0 unspecified atom stereocenters. The Hall–Kier alpha value is -2.51. The van der Waals surface area contributed by atoms with Gasteiger partial charge in [0.05, 0.1) is 33.5 Å². The van der Waals surface area contributed by atoms with Crippen LogP contribution in [0, 0.1) is 0 Å². The number of hydrogen-bond acceptors (Lipinski definition) is 5. The van der Waals surface area contributed by atoms with Gasteiger partial charge in [0.15, 0.2) is 0 Å². The summed E-state index contributed by atoms with van der Waals surface area (Å²) in [4.78, 5) is 14.8. The maximum Gasteiger partial charge on any atom is 0.254 e. The van der Waals surface area contributed by atoms with Crippen molar-refractivity contribution in [2.75, 3.05) is 34.4 Å². The highest BCUT2D eigenvalue weighted by Gasteiger charge is 2.27. The monoisotopic (exact) mass is 489 g/mol. The number of ether oxygens (including phenoxy) is 4. The minimum Gasteiger partial charge on any atom is -0.496 e. The van der Waals surface area contributed by atoms with Gasteiger partial charge in [-0.1, -0.05) is 18.2 Å². The Labute approximate surface area is 191 Å². The van der Waals surface area contributed by atoms with Crippen LogP contribution >= 0.6 is 15.9 Å². The van der Waals surface area contributed by atoms with Crippen molar-refractivity contribution in [1.82, 2.24) is 4.90 Å². The first-order valence-corrected chi connectivity index (χ1v) is 10.9. The Morgan fingerprint density at radius 1 is 0.968 bits per heavy atom. The summed E-state index contributed by atoms with van der Waals surface area (Å²) in [5.41, 5.74) is 2.38. The highest BCUT2D eigenvalue weighted by atomic mass is 79.9. The molecule has 3 rings (SSSR count). The molecule has 0 spiro atoms. The summed E-state index contributed by atoms with van der Waals surface area (Å²) in [6.45, 7) is 5.13. The number of morpholine rings is 1. The smallest absolute Gasteiger partial charge is 0.254 e. The van der Waals surface area contributed by atoms with Crippen LogP contribution < -0.4 is 14.2 Å². The van der Waals surface area contributed by atoms with Crippen molar-refractivity contribution in [3.05, 3.63) is 51.5 Å². The van der Waals surface area contributed by atoms with Gasteiger partial charge in [0.25, 0.3) is 5.91 Å². The number of carbonyl (C=O) groups is 1. The highest BCUT2D eigenvalue weighted by molar-refractivity contribution is 9.10. The van der Waals surface area contributed by atoms with Gasteiger partial charge in [-0.05, 0) is 59.6 Å². The molecule has 166 valence electrons. The second-order valence-corrected chi connectivity index (χ2v) is 8.29. The third-order valence-corrected chi connectivity index (χ3v) is 5.89. The van der Waals surface area contributed by atoms with E-state index in [2.05, 4.69) is 15.9 Å². The highest BCUT2D eigenvalue weighted by Crippen LogP contribution is 2.36. The van der Waals surface area contributed by atoms with E-state index in [9.17, 15) is 4.79 Å². The SMILES string of the molecule is COc1cc(C(=O)N2C[C@@H](C)O[C@@H](C)C2)ccc1/C=C/c1cc(OC)c(Br)c(OC)c1. The molecule has 0 N–H and O–H groups in total. The molecule has 0 aliphatic carbocycles. The van der Waals surface area contributed by atoms with Crippen molar-refractivity contribution in [3.8, 4) is 17.2 Å². The molecule has 1 fully saturated rings. The quantitative estimate of drug-likeness (QED) is 0.540. The molecular weight excluding hydrogens is 462 g/mol. The summed E-state index contributed by atoms with van der Waals surface area (Å²) < 4.78 is 22.9. The Kier molecular flexibility index (Phi) is 7.62. The van der Waals surface area contributed by atoms with Crippen LogP contribution in [0.4, 0.5) is 0 Å². The van der Waals surface area contributed by atoms with Crippen molar-refractivity contribution in [2.45, 2.75) is 26.1 Å². The predicted octanol–water partition coefficient (Wildman–Crippen LogP) is 4.89. The topological polar surface area (TPSA) is 57.2 Å². The van der Waals surface area contributed by atoms with Crippen molar-refractivity contribution in [3.63, 3.8) is 0 Å². The molecule has 0 aromatic heterocycles.